The molecule has 15 heavy (non-hydrogen) atoms. The van der Waals surface area contributed by atoms with Crippen molar-refractivity contribution in [2.75, 3.05) is 13.1 Å². The van der Waals surface area contributed by atoms with Crippen LogP contribution in [0.5, 0.6) is 0 Å². The van der Waals surface area contributed by atoms with E-state index in [1.807, 2.05) is 0 Å². The normalized spacial score (nSPS) is 26.8. The lowest BCUT2D eigenvalue weighted by Crippen LogP contribution is -2.46. The fraction of sp³-hybridized carbons (Fsp3) is 0.800. The molecule has 1 atom stereocenters. The highest BCUT2D eigenvalue weighted by molar-refractivity contribution is 5.87. The molecule has 0 spiro atoms. The Kier molecular flexibility index (Phi) is 2.78. The van der Waals surface area contributed by atoms with E-state index in [9.17, 15) is 14.7 Å². The van der Waals surface area contributed by atoms with Gasteiger partial charge in [0.2, 0.25) is 5.91 Å². The zero-order valence-corrected chi connectivity index (χ0v) is 9.41. The van der Waals surface area contributed by atoms with E-state index in [1.54, 1.807) is 6.92 Å². The number of nitrogens with two attached hydrogens (primary N) is 1. The van der Waals surface area contributed by atoms with E-state index in [-0.39, 0.29) is 5.91 Å². The summed E-state index contributed by atoms with van der Waals surface area (Å²) in [5, 5.41) is 9.55. The van der Waals surface area contributed by atoms with Gasteiger partial charge >= 0.3 is 0 Å². The molecule has 1 unspecified atom stereocenters. The minimum Gasteiger partial charge on any atom is -0.381 e. The summed E-state index contributed by atoms with van der Waals surface area (Å²) in [6, 6.07) is 0. The molecule has 1 saturated heterocycles. The lowest BCUT2D eigenvalue weighted by atomic mass is 9.89. The third kappa shape index (κ3) is 2.28. The number of aliphatic hydroxyl groups is 1. The first kappa shape index (κ1) is 12.0. The Labute approximate surface area is 89.2 Å². The fourth-order valence-electron chi connectivity index (χ4n) is 1.72. The molecule has 1 aliphatic heterocycles. The molecule has 0 aromatic rings. The standard InChI is InChI=1S/C10H18N2O3/c1-9(2,15)8(14)12-5-4-10(3,6-12)7(11)13/h15H,4-6H2,1-3H3,(H2,11,13). The van der Waals surface area contributed by atoms with Crippen LogP contribution in [0.4, 0.5) is 0 Å². The van der Waals surface area contributed by atoms with Crippen LogP contribution in [0.1, 0.15) is 27.2 Å². The van der Waals surface area contributed by atoms with Crippen molar-refractivity contribution in [2.45, 2.75) is 32.8 Å². The van der Waals surface area contributed by atoms with Gasteiger partial charge in [0.05, 0.1) is 5.41 Å². The SMILES string of the molecule is CC(C)(O)C(=O)N1CCC(C)(C(N)=O)C1. The van der Waals surface area contributed by atoms with E-state index in [2.05, 4.69) is 0 Å². The molecule has 1 rings (SSSR count). The third-order valence-corrected chi connectivity index (χ3v) is 2.88. The van der Waals surface area contributed by atoms with Gasteiger partial charge in [0.15, 0.2) is 0 Å². The molecule has 0 aromatic heterocycles. The molecular weight excluding hydrogens is 196 g/mol. The summed E-state index contributed by atoms with van der Waals surface area (Å²) >= 11 is 0. The summed E-state index contributed by atoms with van der Waals surface area (Å²) in [7, 11) is 0. The van der Waals surface area contributed by atoms with E-state index in [1.165, 1.54) is 18.7 Å². The van der Waals surface area contributed by atoms with Crippen LogP contribution in [-0.4, -0.2) is 40.5 Å². The summed E-state index contributed by atoms with van der Waals surface area (Å²) in [6.07, 6.45) is 0.560. The van der Waals surface area contributed by atoms with Gasteiger partial charge < -0.3 is 15.7 Å². The number of hydrogen-bond donors (Lipinski definition) is 2. The second-order valence-electron chi connectivity index (χ2n) is 4.96. The molecule has 3 N–H and O–H groups in total. The van der Waals surface area contributed by atoms with Crippen molar-refractivity contribution in [2.24, 2.45) is 11.1 Å². The van der Waals surface area contributed by atoms with Gasteiger partial charge in [-0.3, -0.25) is 9.59 Å². The number of nitrogens with zero attached hydrogens (tertiary/aromatic N) is 1. The van der Waals surface area contributed by atoms with Crippen LogP contribution < -0.4 is 5.73 Å². The van der Waals surface area contributed by atoms with E-state index in [4.69, 9.17) is 5.73 Å². The number of primary amides is 1. The monoisotopic (exact) mass is 214 g/mol. The molecule has 1 heterocycles. The maximum absolute atomic E-state index is 11.7. The van der Waals surface area contributed by atoms with Crippen LogP contribution in [0.15, 0.2) is 0 Å². The van der Waals surface area contributed by atoms with Crippen molar-refractivity contribution in [3.63, 3.8) is 0 Å². The summed E-state index contributed by atoms with van der Waals surface area (Å²) in [4.78, 5) is 24.4. The van der Waals surface area contributed by atoms with Crippen LogP contribution in [0, 0.1) is 5.41 Å². The Bertz CT molecular complexity index is 296. The number of amides is 2. The molecule has 1 aliphatic rings. The van der Waals surface area contributed by atoms with Crippen LogP contribution >= 0.6 is 0 Å². The number of rotatable bonds is 2. The maximum atomic E-state index is 11.7. The van der Waals surface area contributed by atoms with Crippen molar-refractivity contribution in [1.82, 2.24) is 4.90 Å². The molecule has 2 amide bonds. The predicted molar refractivity (Wildman–Crippen MR) is 54.8 cm³/mol. The third-order valence-electron chi connectivity index (χ3n) is 2.88. The average molecular weight is 214 g/mol. The smallest absolute Gasteiger partial charge is 0.253 e. The topological polar surface area (TPSA) is 83.6 Å². The van der Waals surface area contributed by atoms with Gasteiger partial charge in [-0.05, 0) is 27.2 Å². The molecule has 1 fully saturated rings. The Hall–Kier alpha value is -1.10. The van der Waals surface area contributed by atoms with Crippen LogP contribution in [-0.2, 0) is 9.59 Å². The number of carbonyl (C=O) groups excluding carboxylic acids is 2. The first-order chi connectivity index (χ1) is 6.67. The number of hydrogen-bond acceptors (Lipinski definition) is 3. The van der Waals surface area contributed by atoms with Gasteiger partial charge in [0, 0.05) is 13.1 Å². The molecule has 0 aliphatic carbocycles. The van der Waals surface area contributed by atoms with Crippen molar-refractivity contribution < 1.29 is 14.7 Å². The summed E-state index contributed by atoms with van der Waals surface area (Å²) in [5.74, 6) is -0.749. The summed E-state index contributed by atoms with van der Waals surface area (Å²) in [6.45, 7) is 5.39. The predicted octanol–water partition coefficient (Wildman–Crippen LogP) is -0.519. The van der Waals surface area contributed by atoms with E-state index < -0.39 is 16.9 Å². The van der Waals surface area contributed by atoms with Gasteiger partial charge in [-0.2, -0.15) is 0 Å². The molecule has 5 nitrogen and oxygen atoms in total. The maximum Gasteiger partial charge on any atom is 0.253 e. The molecule has 0 radical (unpaired) electrons. The summed E-state index contributed by atoms with van der Waals surface area (Å²) in [5.41, 5.74) is 3.23. The Balaban J connectivity index is 2.73. The Morgan fingerprint density at radius 2 is 2.00 bits per heavy atom. The first-order valence-electron chi connectivity index (χ1n) is 4.98. The van der Waals surface area contributed by atoms with Crippen molar-refractivity contribution in [3.8, 4) is 0 Å². The molecule has 0 aromatic carbocycles. The fourth-order valence-corrected chi connectivity index (χ4v) is 1.72. The second-order valence-corrected chi connectivity index (χ2v) is 4.96. The molecule has 86 valence electrons. The average Bonchev–Trinajstić information content (AvgIpc) is 2.46. The zero-order valence-electron chi connectivity index (χ0n) is 9.41. The van der Waals surface area contributed by atoms with Crippen molar-refractivity contribution in [3.05, 3.63) is 0 Å². The second kappa shape index (κ2) is 3.48. The first-order valence-corrected chi connectivity index (χ1v) is 4.98. The van der Waals surface area contributed by atoms with Gasteiger partial charge in [0.1, 0.15) is 5.60 Å². The zero-order chi connectivity index (χ0) is 11.9. The van der Waals surface area contributed by atoms with E-state index >= 15 is 0 Å². The van der Waals surface area contributed by atoms with Gasteiger partial charge in [-0.25, -0.2) is 0 Å². The van der Waals surface area contributed by atoms with Crippen LogP contribution in [0.2, 0.25) is 0 Å². The lowest BCUT2D eigenvalue weighted by molar-refractivity contribution is -0.147. The Morgan fingerprint density at radius 3 is 2.33 bits per heavy atom. The Morgan fingerprint density at radius 1 is 1.47 bits per heavy atom. The number of likely N-dealkylation sites (tertiary alicyclic amines) is 1. The summed E-state index contributed by atoms with van der Waals surface area (Å²) < 4.78 is 0. The largest absolute Gasteiger partial charge is 0.381 e. The lowest BCUT2D eigenvalue weighted by Gasteiger charge is -2.26. The van der Waals surface area contributed by atoms with Crippen molar-refractivity contribution >= 4 is 11.8 Å². The molecule has 5 heteroatoms. The highest BCUT2D eigenvalue weighted by Gasteiger charge is 2.43. The van der Waals surface area contributed by atoms with Gasteiger partial charge in [-0.15, -0.1) is 0 Å². The minimum absolute atomic E-state index is 0.297. The highest BCUT2D eigenvalue weighted by Crippen LogP contribution is 2.30. The van der Waals surface area contributed by atoms with Crippen LogP contribution in [0.3, 0.4) is 0 Å². The van der Waals surface area contributed by atoms with Gasteiger partial charge in [0.25, 0.3) is 5.91 Å². The highest BCUT2D eigenvalue weighted by atomic mass is 16.3. The van der Waals surface area contributed by atoms with Gasteiger partial charge in [-0.1, -0.05) is 0 Å². The van der Waals surface area contributed by atoms with Crippen molar-refractivity contribution in [1.29, 1.82) is 0 Å². The number of carbonyl (C=O) groups is 2. The molecule has 0 saturated carbocycles. The molecular formula is C10H18N2O3. The van der Waals surface area contributed by atoms with E-state index in [0.717, 1.165) is 0 Å². The quantitative estimate of drug-likeness (QED) is 0.649. The van der Waals surface area contributed by atoms with Crippen LogP contribution in [0.25, 0.3) is 0 Å². The van der Waals surface area contributed by atoms with E-state index in [0.29, 0.717) is 19.5 Å². The molecule has 0 bridgehead atoms. The minimum atomic E-state index is -1.39.